The van der Waals surface area contributed by atoms with Crippen LogP contribution in [0.2, 0.25) is 0 Å². The predicted molar refractivity (Wildman–Crippen MR) is 186 cm³/mol. The minimum Gasteiger partial charge on any atom is -0.459 e. The Bertz CT molecular complexity index is 1230. The lowest BCUT2D eigenvalue weighted by atomic mass is 9.96. The number of nitrogens with two attached hydrogens (primary N) is 1. The molecule has 0 fully saturated rings. The summed E-state index contributed by atoms with van der Waals surface area (Å²) in [6.45, 7) is 17.7. The van der Waals surface area contributed by atoms with E-state index in [2.05, 4.69) is 33.2 Å². The molecule has 1 aromatic carbocycles. The second kappa shape index (κ2) is 20.9. The molecule has 6 atom stereocenters. The fourth-order valence-corrected chi connectivity index (χ4v) is 4.64. The number of amides is 4. The molecule has 0 saturated heterocycles. The number of carbonyl (C=O) groups is 5. The maximum Gasteiger partial charge on any atom is 0.408 e. The van der Waals surface area contributed by atoms with Crippen molar-refractivity contribution in [3.05, 3.63) is 48.3 Å². The van der Waals surface area contributed by atoms with Gasteiger partial charge < -0.3 is 46.9 Å². The summed E-state index contributed by atoms with van der Waals surface area (Å²) in [5, 5.41) is 23.9. The van der Waals surface area contributed by atoms with Crippen LogP contribution in [0.4, 0.5) is 4.79 Å². The number of nitrogens with one attached hydrogen (secondary N) is 5. The van der Waals surface area contributed by atoms with Crippen LogP contribution in [0, 0.1) is 11.8 Å². The first kappa shape index (κ1) is 42.7. The molecule has 0 radical (unpaired) electrons. The van der Waals surface area contributed by atoms with E-state index in [-0.39, 0.29) is 31.2 Å². The van der Waals surface area contributed by atoms with Crippen molar-refractivity contribution in [3.8, 4) is 0 Å². The predicted octanol–water partition coefficient (Wildman–Crippen LogP) is 2.35. The molecule has 0 aliphatic rings. The van der Waals surface area contributed by atoms with E-state index in [0.29, 0.717) is 19.4 Å². The molecule has 14 nitrogen and oxygen atoms in total. The molecular weight excluding hydrogens is 632 g/mol. The molecule has 1 aromatic rings. The highest BCUT2D eigenvalue weighted by molar-refractivity contribution is 5.95. The van der Waals surface area contributed by atoms with Crippen molar-refractivity contribution >= 4 is 29.8 Å². The van der Waals surface area contributed by atoms with Crippen molar-refractivity contribution < 1.29 is 38.6 Å². The van der Waals surface area contributed by atoms with Gasteiger partial charge in [0.1, 0.15) is 30.3 Å². The quantitative estimate of drug-likeness (QED) is 0.0784. The van der Waals surface area contributed by atoms with Gasteiger partial charge >= 0.3 is 12.1 Å². The van der Waals surface area contributed by atoms with Gasteiger partial charge in [0.2, 0.25) is 17.7 Å². The van der Waals surface area contributed by atoms with Gasteiger partial charge in [0.15, 0.2) is 6.04 Å². The van der Waals surface area contributed by atoms with Crippen LogP contribution in [0.15, 0.2) is 42.7 Å². The molecule has 0 aliphatic heterocycles. The van der Waals surface area contributed by atoms with Crippen LogP contribution < -0.4 is 32.3 Å². The summed E-state index contributed by atoms with van der Waals surface area (Å²) in [6.07, 6.45) is -0.786. The Hall–Kier alpha value is -4.33. The van der Waals surface area contributed by atoms with Gasteiger partial charge in [-0.2, -0.15) is 0 Å². The van der Waals surface area contributed by atoms with Gasteiger partial charge in [0.05, 0.1) is 11.9 Å². The molecular formula is C35H58N6O8. The van der Waals surface area contributed by atoms with E-state index < -0.39 is 71.6 Å². The summed E-state index contributed by atoms with van der Waals surface area (Å²) < 4.78 is 10.7. The Morgan fingerprint density at radius 1 is 0.878 bits per heavy atom. The molecule has 0 aliphatic carbocycles. The van der Waals surface area contributed by atoms with Crippen LogP contribution in [0.3, 0.4) is 0 Å². The van der Waals surface area contributed by atoms with Crippen LogP contribution in [-0.2, 0) is 35.3 Å². The van der Waals surface area contributed by atoms with E-state index in [1.807, 2.05) is 26.8 Å². The van der Waals surface area contributed by atoms with Gasteiger partial charge in [-0.15, -0.1) is 0 Å². The Kier molecular flexibility index (Phi) is 18.2. The number of rotatable bonds is 20. The van der Waals surface area contributed by atoms with Crippen LogP contribution in [0.25, 0.3) is 0 Å². The number of carbonyl (C=O) groups excluding carboxylic acids is 5. The average Bonchev–Trinajstić information content (AvgIpc) is 3.00. The molecule has 0 bridgehead atoms. The average molecular weight is 691 g/mol. The Morgan fingerprint density at radius 3 is 2.00 bits per heavy atom. The zero-order chi connectivity index (χ0) is 37.3. The molecule has 49 heavy (non-hydrogen) atoms. The number of hydrogen-bond acceptors (Lipinski definition) is 10. The van der Waals surface area contributed by atoms with E-state index in [1.54, 1.807) is 52.0 Å². The lowest BCUT2D eigenvalue weighted by molar-refractivity contribution is -0.152. The highest BCUT2D eigenvalue weighted by Gasteiger charge is 2.35. The third-order valence-corrected chi connectivity index (χ3v) is 7.42. The van der Waals surface area contributed by atoms with Crippen LogP contribution in [0.5, 0.6) is 0 Å². The van der Waals surface area contributed by atoms with Gasteiger partial charge in [0, 0.05) is 6.54 Å². The molecule has 8 N–H and O–H groups in total. The van der Waals surface area contributed by atoms with Gasteiger partial charge in [-0.25, -0.2) is 9.59 Å². The number of hydrogen-bond donors (Lipinski definition) is 7. The smallest absolute Gasteiger partial charge is 0.408 e. The SMILES string of the molecule is C=C(N)NCCC[C@@H](NC(=O)[C@H](CC(C)C)NC(=O)OC(C)(C)C)C(=O)N[C@H](C(=O)N[C@H](C(=O)OCc1ccccc1)[C@H](C)O)[C@@H](C)CC. The van der Waals surface area contributed by atoms with Gasteiger partial charge in [-0.1, -0.05) is 71.0 Å². The van der Waals surface area contributed by atoms with E-state index in [0.717, 1.165) is 5.56 Å². The standard InChI is InChI=1S/C35H58N6O8/c1-10-22(4)28(32(45)41-29(23(5)42)33(46)48-20-25-15-12-11-13-16-25)40-30(43)26(17-14-18-37-24(6)36)38-31(44)27(19-21(2)3)39-34(47)49-35(7,8)9/h11-13,15-16,21-23,26-29,37,42H,6,10,14,17-20,36H2,1-5,7-9H3,(H,38,44)(H,39,47)(H,40,43)(H,41,45)/t22-,23-,26+,27-,28-,29-/m0/s1. The van der Waals surface area contributed by atoms with E-state index in [4.69, 9.17) is 15.2 Å². The molecule has 0 saturated carbocycles. The Balaban J connectivity index is 3.20. The third kappa shape index (κ3) is 17.1. The van der Waals surface area contributed by atoms with Crippen molar-refractivity contribution in [2.24, 2.45) is 17.6 Å². The highest BCUT2D eigenvalue weighted by Crippen LogP contribution is 2.13. The molecule has 0 unspecified atom stereocenters. The first-order valence-electron chi connectivity index (χ1n) is 16.8. The monoisotopic (exact) mass is 690 g/mol. The highest BCUT2D eigenvalue weighted by atomic mass is 16.6. The topological polar surface area (TPSA) is 210 Å². The minimum absolute atomic E-state index is 0.0115. The molecule has 1 rings (SSSR count). The van der Waals surface area contributed by atoms with E-state index >= 15 is 0 Å². The van der Waals surface area contributed by atoms with Crippen LogP contribution in [0.1, 0.15) is 86.6 Å². The maximum atomic E-state index is 13.8. The number of aliphatic hydroxyl groups is 1. The number of ether oxygens (including phenoxy) is 2. The first-order valence-corrected chi connectivity index (χ1v) is 16.8. The maximum absolute atomic E-state index is 13.8. The van der Waals surface area contributed by atoms with Gasteiger partial charge in [-0.3, -0.25) is 14.4 Å². The lowest BCUT2D eigenvalue weighted by Gasteiger charge is -2.29. The fraction of sp³-hybridized carbons (Fsp3) is 0.629. The Labute approximate surface area is 290 Å². The Morgan fingerprint density at radius 2 is 1.47 bits per heavy atom. The number of benzene rings is 1. The summed E-state index contributed by atoms with van der Waals surface area (Å²) in [4.78, 5) is 66.4. The van der Waals surface area contributed by atoms with Crippen LogP contribution in [-0.4, -0.2) is 77.3 Å². The molecule has 14 heteroatoms. The third-order valence-electron chi connectivity index (χ3n) is 7.42. The number of aliphatic hydroxyl groups excluding tert-OH is 1. The van der Waals surface area contributed by atoms with E-state index in [9.17, 15) is 29.1 Å². The zero-order valence-electron chi connectivity index (χ0n) is 30.3. The zero-order valence-corrected chi connectivity index (χ0v) is 30.3. The summed E-state index contributed by atoms with van der Waals surface area (Å²) in [5.74, 6) is -2.95. The van der Waals surface area contributed by atoms with Crippen molar-refractivity contribution in [1.82, 2.24) is 26.6 Å². The molecule has 0 heterocycles. The van der Waals surface area contributed by atoms with Crippen molar-refractivity contribution in [1.29, 1.82) is 0 Å². The lowest BCUT2D eigenvalue weighted by Crippen LogP contribution is -2.60. The first-order chi connectivity index (χ1) is 22.8. The van der Waals surface area contributed by atoms with Gasteiger partial charge in [-0.05, 0) is 64.4 Å². The van der Waals surface area contributed by atoms with Gasteiger partial charge in [0.25, 0.3) is 0 Å². The summed E-state index contributed by atoms with van der Waals surface area (Å²) in [7, 11) is 0. The molecule has 276 valence electrons. The number of alkyl carbamates (subject to hydrolysis) is 1. The largest absolute Gasteiger partial charge is 0.459 e. The normalized spacial score (nSPS) is 15.0. The summed E-state index contributed by atoms with van der Waals surface area (Å²) >= 11 is 0. The van der Waals surface area contributed by atoms with Crippen LogP contribution >= 0.6 is 0 Å². The molecule has 0 aromatic heterocycles. The fourth-order valence-electron chi connectivity index (χ4n) is 4.64. The minimum atomic E-state index is -1.40. The summed E-state index contributed by atoms with van der Waals surface area (Å²) in [5.41, 5.74) is 5.54. The second-order valence-electron chi connectivity index (χ2n) is 13.7. The van der Waals surface area contributed by atoms with Crippen molar-refractivity contribution in [2.45, 2.75) is 124 Å². The molecule has 4 amide bonds. The summed E-state index contributed by atoms with van der Waals surface area (Å²) in [6, 6.07) is 4.30. The number of esters is 1. The van der Waals surface area contributed by atoms with E-state index in [1.165, 1.54) is 6.92 Å². The van der Waals surface area contributed by atoms with Crippen molar-refractivity contribution in [2.75, 3.05) is 6.54 Å². The molecule has 0 spiro atoms. The second-order valence-corrected chi connectivity index (χ2v) is 13.7. The van der Waals surface area contributed by atoms with Crippen molar-refractivity contribution in [3.63, 3.8) is 0 Å².